The molecule has 2 nitrogen and oxygen atoms in total. The Kier molecular flexibility index (Phi) is 5.79. The highest BCUT2D eigenvalue weighted by molar-refractivity contribution is 7.48. The molecule has 3 heteroatoms. The molecule has 0 spiro atoms. The van der Waals surface area contributed by atoms with Crippen molar-refractivity contribution in [1.82, 2.24) is 0 Å². The predicted molar refractivity (Wildman–Crippen MR) is 98.2 cm³/mol. The number of Topliss-reactive ketones (excluding diaryl/α,β-unsaturated/α-hetero) is 1. The van der Waals surface area contributed by atoms with Gasteiger partial charge in [-0.05, 0) is 51.2 Å². The molecule has 0 heterocycles. The first-order chi connectivity index (χ1) is 10.8. The first-order valence-corrected chi connectivity index (χ1v) is 10.3. The zero-order valence-electron chi connectivity index (χ0n) is 15.2. The van der Waals surface area contributed by atoms with Crippen LogP contribution in [0.3, 0.4) is 0 Å². The van der Waals surface area contributed by atoms with Crippen molar-refractivity contribution >= 4 is 13.6 Å². The molecule has 0 bridgehead atoms. The van der Waals surface area contributed by atoms with Crippen LogP contribution in [0.4, 0.5) is 0 Å². The lowest BCUT2D eigenvalue weighted by molar-refractivity contribution is 0.0910. The first-order valence-electron chi connectivity index (χ1n) is 8.92. The number of ketones is 1. The number of carbonyl (C=O) groups is 1. The Bertz CT molecular complexity index is 589. The minimum atomic E-state index is -1.54. The highest BCUT2D eigenvalue weighted by Crippen LogP contribution is 2.54. The van der Waals surface area contributed by atoms with E-state index >= 15 is 0 Å². The van der Waals surface area contributed by atoms with Crippen LogP contribution in [0.5, 0.6) is 0 Å². The molecule has 1 aliphatic carbocycles. The molecule has 0 amide bonds. The molecule has 1 aromatic rings. The molecule has 127 valence electrons. The highest BCUT2D eigenvalue weighted by Gasteiger charge is 2.47. The third kappa shape index (κ3) is 3.43. The molecule has 1 aromatic carbocycles. The Hall–Kier alpha value is -1.01. The lowest BCUT2D eigenvalue weighted by Crippen LogP contribution is -2.39. The van der Waals surface area contributed by atoms with E-state index in [9.17, 15) is 9.36 Å². The molecule has 1 radical (unpaired) electrons. The van der Waals surface area contributed by atoms with Crippen molar-refractivity contribution in [1.29, 1.82) is 0 Å². The van der Waals surface area contributed by atoms with Crippen molar-refractivity contribution < 1.29 is 9.36 Å². The van der Waals surface area contributed by atoms with Gasteiger partial charge in [0, 0.05) is 11.2 Å². The molecular weight excluding hydrogens is 303 g/mol. The third-order valence-electron chi connectivity index (χ3n) is 5.42. The van der Waals surface area contributed by atoms with E-state index in [-0.39, 0.29) is 11.4 Å². The van der Waals surface area contributed by atoms with Crippen molar-refractivity contribution in [2.24, 2.45) is 0 Å². The maximum absolute atomic E-state index is 13.6. The second kappa shape index (κ2) is 7.26. The summed E-state index contributed by atoms with van der Waals surface area (Å²) in [4.78, 5) is 13.6. The van der Waals surface area contributed by atoms with Crippen LogP contribution in [0.2, 0.25) is 0 Å². The maximum atomic E-state index is 13.6. The van der Waals surface area contributed by atoms with E-state index in [0.717, 1.165) is 55.2 Å². The molecule has 0 N–H and O–H groups in total. The van der Waals surface area contributed by atoms with Crippen LogP contribution in [-0.4, -0.2) is 16.6 Å². The van der Waals surface area contributed by atoms with Gasteiger partial charge in [0.1, 0.15) is 5.16 Å². The van der Waals surface area contributed by atoms with E-state index in [2.05, 4.69) is 26.0 Å². The first kappa shape index (κ1) is 18.3. The summed E-state index contributed by atoms with van der Waals surface area (Å²) in [7, 11) is -1.54. The van der Waals surface area contributed by atoms with Crippen LogP contribution in [0.1, 0.15) is 79.4 Å². The van der Waals surface area contributed by atoms with Crippen molar-refractivity contribution in [3.8, 4) is 0 Å². The minimum Gasteiger partial charge on any atom is -0.293 e. The molecule has 2 atom stereocenters. The van der Waals surface area contributed by atoms with Gasteiger partial charge in [0.25, 0.3) is 0 Å². The summed E-state index contributed by atoms with van der Waals surface area (Å²) in [5.74, 6) is 0.147. The Morgan fingerprint density at radius 2 is 1.65 bits per heavy atom. The summed E-state index contributed by atoms with van der Waals surface area (Å²) >= 11 is 0. The minimum absolute atomic E-state index is 0.109. The normalized spacial score (nSPS) is 19.3. The predicted octanol–water partition coefficient (Wildman–Crippen LogP) is 6.12. The smallest absolute Gasteiger partial charge is 0.180 e. The fourth-order valence-corrected chi connectivity index (χ4v) is 6.29. The summed E-state index contributed by atoms with van der Waals surface area (Å²) in [5.41, 5.74) is 4.18. The van der Waals surface area contributed by atoms with Crippen LogP contribution in [0, 0.1) is 20.8 Å². The Labute approximate surface area is 141 Å². The van der Waals surface area contributed by atoms with Gasteiger partial charge in [-0.15, -0.1) is 0 Å². The molecule has 1 aliphatic rings. The fraction of sp³-hybridized carbons (Fsp3) is 0.650. The zero-order chi connectivity index (χ0) is 17.2. The molecule has 0 aliphatic heterocycles. The van der Waals surface area contributed by atoms with Crippen LogP contribution < -0.4 is 0 Å². The van der Waals surface area contributed by atoms with E-state index in [4.69, 9.17) is 0 Å². The van der Waals surface area contributed by atoms with Crippen LogP contribution in [0.25, 0.3) is 0 Å². The van der Waals surface area contributed by atoms with Gasteiger partial charge in [-0.2, -0.15) is 0 Å². The summed E-state index contributed by atoms with van der Waals surface area (Å²) in [5, 5.41) is -0.631. The summed E-state index contributed by atoms with van der Waals surface area (Å²) in [6.45, 7) is 10.2. The molecule has 2 rings (SSSR count). The number of hydrogen-bond acceptors (Lipinski definition) is 2. The molecule has 1 fully saturated rings. The van der Waals surface area contributed by atoms with Crippen molar-refractivity contribution in [2.75, 3.05) is 0 Å². The van der Waals surface area contributed by atoms with Gasteiger partial charge >= 0.3 is 0 Å². The van der Waals surface area contributed by atoms with Gasteiger partial charge in [0.05, 0.1) is 7.80 Å². The standard InChI is InChI=1S/C20H30O2P/c1-6-17(5)23(22)20(10-8-7-9-11-20)19(21)18-15(3)12-14(2)13-16(18)4/h12-13,17H,6-11H2,1-5H3. The van der Waals surface area contributed by atoms with Gasteiger partial charge in [-0.3, -0.25) is 9.36 Å². The lowest BCUT2D eigenvalue weighted by atomic mass is 9.80. The van der Waals surface area contributed by atoms with Crippen molar-refractivity contribution in [3.63, 3.8) is 0 Å². The van der Waals surface area contributed by atoms with Crippen LogP contribution in [-0.2, 0) is 4.57 Å². The molecule has 0 aromatic heterocycles. The van der Waals surface area contributed by atoms with Gasteiger partial charge in [-0.1, -0.05) is 50.8 Å². The van der Waals surface area contributed by atoms with Crippen LogP contribution >= 0.6 is 7.80 Å². The quantitative estimate of drug-likeness (QED) is 0.480. The summed E-state index contributed by atoms with van der Waals surface area (Å²) < 4.78 is 13.3. The second-order valence-electron chi connectivity index (χ2n) is 7.28. The summed E-state index contributed by atoms with van der Waals surface area (Å²) in [6.07, 6.45) is 5.65. The summed E-state index contributed by atoms with van der Waals surface area (Å²) in [6, 6.07) is 4.15. The number of hydrogen-bond donors (Lipinski definition) is 0. The average Bonchev–Trinajstić information content (AvgIpc) is 2.52. The largest absolute Gasteiger partial charge is 0.293 e. The van der Waals surface area contributed by atoms with E-state index in [1.165, 1.54) is 5.56 Å². The van der Waals surface area contributed by atoms with Crippen LogP contribution in [0.15, 0.2) is 12.1 Å². The van der Waals surface area contributed by atoms with E-state index in [0.29, 0.717) is 0 Å². The highest BCUT2D eigenvalue weighted by atomic mass is 31.1. The van der Waals surface area contributed by atoms with E-state index in [1.807, 2.05) is 20.8 Å². The third-order valence-corrected chi connectivity index (χ3v) is 8.08. The second-order valence-corrected chi connectivity index (χ2v) is 9.67. The number of benzene rings is 1. The zero-order valence-corrected chi connectivity index (χ0v) is 16.1. The van der Waals surface area contributed by atoms with E-state index in [1.54, 1.807) is 0 Å². The SMILES string of the molecule is CCC(C)[P](=O)C1(C(=O)c2c(C)cc(C)cc2C)CCCCC1. The molecular formula is C20H30O2P. The van der Waals surface area contributed by atoms with Crippen molar-refractivity contribution in [3.05, 3.63) is 34.4 Å². The number of aryl methyl sites for hydroxylation is 3. The Balaban J connectivity index is 2.52. The van der Waals surface area contributed by atoms with Gasteiger partial charge in [-0.25, -0.2) is 0 Å². The molecule has 2 unspecified atom stereocenters. The number of rotatable bonds is 5. The monoisotopic (exact) mass is 333 g/mol. The van der Waals surface area contributed by atoms with Gasteiger partial charge < -0.3 is 0 Å². The Morgan fingerprint density at radius 1 is 1.13 bits per heavy atom. The Morgan fingerprint density at radius 3 is 2.13 bits per heavy atom. The van der Waals surface area contributed by atoms with E-state index < -0.39 is 13.0 Å². The topological polar surface area (TPSA) is 34.1 Å². The molecule has 23 heavy (non-hydrogen) atoms. The molecule has 0 saturated heterocycles. The average molecular weight is 333 g/mol. The maximum Gasteiger partial charge on any atom is 0.180 e. The van der Waals surface area contributed by atoms with Gasteiger partial charge in [0.2, 0.25) is 0 Å². The van der Waals surface area contributed by atoms with Crippen molar-refractivity contribution in [2.45, 2.75) is 84.0 Å². The fourth-order valence-electron chi connectivity index (χ4n) is 4.04. The number of carbonyl (C=O) groups excluding carboxylic acids is 1. The lowest BCUT2D eigenvalue weighted by Gasteiger charge is -2.37. The molecule has 1 saturated carbocycles. The van der Waals surface area contributed by atoms with Gasteiger partial charge in [0.15, 0.2) is 5.78 Å².